The molecule has 1 unspecified atom stereocenters. The highest BCUT2D eigenvalue weighted by molar-refractivity contribution is 5.39. The Morgan fingerprint density at radius 3 is 2.16 bits per heavy atom. The molecule has 1 atom stereocenters. The van der Waals surface area contributed by atoms with Gasteiger partial charge in [-0.15, -0.1) is 0 Å². The van der Waals surface area contributed by atoms with Crippen LogP contribution in [0.15, 0.2) is 12.1 Å². The van der Waals surface area contributed by atoms with Crippen molar-refractivity contribution in [2.24, 2.45) is 5.41 Å². The smallest absolute Gasteiger partial charge is 0.0899 e. The Morgan fingerprint density at radius 2 is 1.47 bits per heavy atom. The molecular weight excluding hydrogens is 232 g/mol. The summed E-state index contributed by atoms with van der Waals surface area (Å²) in [6, 6.07) is 4.43. The van der Waals surface area contributed by atoms with Gasteiger partial charge in [-0.3, -0.25) is 0 Å². The van der Waals surface area contributed by atoms with Gasteiger partial charge in [0.2, 0.25) is 0 Å². The molecule has 0 bridgehead atoms. The van der Waals surface area contributed by atoms with Crippen molar-refractivity contribution in [1.29, 1.82) is 0 Å². The number of hydrogen-bond donors (Lipinski definition) is 1. The second-order valence-electron chi connectivity index (χ2n) is 7.30. The summed E-state index contributed by atoms with van der Waals surface area (Å²) in [7, 11) is 0. The minimum absolute atomic E-state index is 0.373. The lowest BCUT2D eigenvalue weighted by Crippen LogP contribution is -2.26. The summed E-state index contributed by atoms with van der Waals surface area (Å²) >= 11 is 0. The van der Waals surface area contributed by atoms with Crippen molar-refractivity contribution in [3.63, 3.8) is 0 Å². The standard InChI is InChI=1S/C18H28O/c1-13-11-15(3)16(12-14(13)2)18(19)8-6-7-17(4,5)9-10-18/h11-12,19H,6-10H2,1-5H3. The molecule has 19 heavy (non-hydrogen) atoms. The Morgan fingerprint density at radius 1 is 0.842 bits per heavy atom. The monoisotopic (exact) mass is 260 g/mol. The SMILES string of the molecule is Cc1cc(C)c(C2(O)CCCC(C)(C)CC2)cc1C. The molecular formula is C18H28O. The topological polar surface area (TPSA) is 20.2 Å². The van der Waals surface area contributed by atoms with Crippen molar-refractivity contribution in [2.45, 2.75) is 72.3 Å². The van der Waals surface area contributed by atoms with E-state index in [1.165, 1.54) is 23.1 Å². The van der Waals surface area contributed by atoms with Crippen LogP contribution in [0.25, 0.3) is 0 Å². The lowest BCUT2D eigenvalue weighted by Gasteiger charge is -2.30. The van der Waals surface area contributed by atoms with Gasteiger partial charge in [-0.2, -0.15) is 0 Å². The molecule has 1 fully saturated rings. The van der Waals surface area contributed by atoms with E-state index in [9.17, 15) is 5.11 Å². The van der Waals surface area contributed by atoms with Crippen molar-refractivity contribution in [3.8, 4) is 0 Å². The highest BCUT2D eigenvalue weighted by Gasteiger charge is 2.36. The Hall–Kier alpha value is -0.820. The first-order valence-electron chi connectivity index (χ1n) is 7.54. The normalized spacial score (nSPS) is 27.1. The van der Waals surface area contributed by atoms with Crippen molar-refractivity contribution < 1.29 is 5.11 Å². The molecule has 1 N–H and O–H groups in total. The van der Waals surface area contributed by atoms with Crippen LogP contribution < -0.4 is 0 Å². The fraction of sp³-hybridized carbons (Fsp3) is 0.667. The van der Waals surface area contributed by atoms with Crippen LogP contribution in [0.2, 0.25) is 0 Å². The zero-order chi connectivity index (χ0) is 14.3. The number of rotatable bonds is 1. The van der Waals surface area contributed by atoms with Gasteiger partial charge in [0.1, 0.15) is 0 Å². The van der Waals surface area contributed by atoms with Gasteiger partial charge >= 0.3 is 0 Å². The van der Waals surface area contributed by atoms with E-state index in [1.807, 2.05) is 0 Å². The van der Waals surface area contributed by atoms with Crippen LogP contribution in [-0.4, -0.2) is 5.11 Å². The van der Waals surface area contributed by atoms with Crippen molar-refractivity contribution >= 4 is 0 Å². The maximum atomic E-state index is 11.2. The highest BCUT2D eigenvalue weighted by atomic mass is 16.3. The second kappa shape index (κ2) is 4.94. The van der Waals surface area contributed by atoms with Crippen molar-refractivity contribution in [1.82, 2.24) is 0 Å². The summed E-state index contributed by atoms with van der Waals surface area (Å²) in [6.45, 7) is 11.1. The lowest BCUT2D eigenvalue weighted by atomic mass is 9.80. The minimum atomic E-state index is -0.615. The Kier molecular flexibility index (Phi) is 3.79. The van der Waals surface area contributed by atoms with E-state index in [2.05, 4.69) is 46.8 Å². The molecule has 1 aromatic carbocycles. The van der Waals surface area contributed by atoms with Crippen LogP contribution in [-0.2, 0) is 5.60 Å². The predicted molar refractivity (Wildman–Crippen MR) is 81.4 cm³/mol. The molecule has 2 rings (SSSR count). The Labute approximate surface area is 118 Å². The third kappa shape index (κ3) is 3.02. The molecule has 0 heterocycles. The third-order valence-corrected chi connectivity index (χ3v) is 5.00. The maximum Gasteiger partial charge on any atom is 0.0899 e. The van der Waals surface area contributed by atoms with Gasteiger partial charge in [0.25, 0.3) is 0 Å². The first kappa shape index (κ1) is 14.6. The van der Waals surface area contributed by atoms with Crippen molar-refractivity contribution in [3.05, 3.63) is 34.4 Å². The predicted octanol–water partition coefficient (Wildman–Crippen LogP) is 4.79. The zero-order valence-electron chi connectivity index (χ0n) is 13.1. The molecule has 1 heteroatoms. The van der Waals surface area contributed by atoms with E-state index in [1.54, 1.807) is 0 Å². The van der Waals surface area contributed by atoms with Gasteiger partial charge in [0.15, 0.2) is 0 Å². The van der Waals surface area contributed by atoms with Gasteiger partial charge in [0.05, 0.1) is 5.60 Å². The molecule has 106 valence electrons. The van der Waals surface area contributed by atoms with Gasteiger partial charge in [0, 0.05) is 0 Å². The van der Waals surface area contributed by atoms with Crippen LogP contribution in [0.4, 0.5) is 0 Å². The number of aryl methyl sites for hydroxylation is 3. The lowest BCUT2D eigenvalue weighted by molar-refractivity contribution is 0.0174. The van der Waals surface area contributed by atoms with Crippen LogP contribution in [0.1, 0.15) is 68.2 Å². The molecule has 1 aliphatic carbocycles. The average Bonchev–Trinajstić information content (AvgIpc) is 2.44. The van der Waals surface area contributed by atoms with E-state index in [0.29, 0.717) is 5.41 Å². The van der Waals surface area contributed by atoms with E-state index >= 15 is 0 Å². The largest absolute Gasteiger partial charge is 0.385 e. The molecule has 0 radical (unpaired) electrons. The summed E-state index contributed by atoms with van der Waals surface area (Å²) in [5.41, 5.74) is 4.77. The van der Waals surface area contributed by atoms with E-state index in [0.717, 1.165) is 31.2 Å². The summed E-state index contributed by atoms with van der Waals surface area (Å²) in [4.78, 5) is 0. The number of aliphatic hydroxyl groups is 1. The van der Waals surface area contributed by atoms with Crippen LogP contribution >= 0.6 is 0 Å². The average molecular weight is 260 g/mol. The van der Waals surface area contributed by atoms with Gasteiger partial charge in [-0.05, 0) is 80.5 Å². The second-order valence-corrected chi connectivity index (χ2v) is 7.30. The molecule has 0 aromatic heterocycles. The summed E-state index contributed by atoms with van der Waals surface area (Å²) in [6.07, 6.45) is 5.24. The van der Waals surface area contributed by atoms with E-state index in [4.69, 9.17) is 0 Å². The van der Waals surface area contributed by atoms with Gasteiger partial charge < -0.3 is 5.11 Å². The van der Waals surface area contributed by atoms with Gasteiger partial charge in [-0.25, -0.2) is 0 Å². The molecule has 0 aliphatic heterocycles. The van der Waals surface area contributed by atoms with Crippen LogP contribution in [0, 0.1) is 26.2 Å². The van der Waals surface area contributed by atoms with E-state index < -0.39 is 5.60 Å². The first-order valence-corrected chi connectivity index (χ1v) is 7.54. The molecule has 0 saturated heterocycles. The third-order valence-electron chi connectivity index (χ3n) is 5.00. The number of benzene rings is 1. The maximum absolute atomic E-state index is 11.2. The first-order chi connectivity index (χ1) is 8.73. The van der Waals surface area contributed by atoms with E-state index in [-0.39, 0.29) is 0 Å². The molecule has 1 saturated carbocycles. The molecule has 0 spiro atoms. The molecule has 1 aliphatic rings. The fourth-order valence-electron chi connectivity index (χ4n) is 3.39. The van der Waals surface area contributed by atoms with Crippen LogP contribution in [0.5, 0.6) is 0 Å². The highest BCUT2D eigenvalue weighted by Crippen LogP contribution is 2.43. The zero-order valence-corrected chi connectivity index (χ0v) is 13.1. The van der Waals surface area contributed by atoms with Crippen LogP contribution in [0.3, 0.4) is 0 Å². The summed E-state index contributed by atoms with van der Waals surface area (Å²) in [5, 5.41) is 11.2. The molecule has 0 amide bonds. The Bertz CT molecular complexity index is 473. The van der Waals surface area contributed by atoms with Crippen molar-refractivity contribution in [2.75, 3.05) is 0 Å². The minimum Gasteiger partial charge on any atom is -0.385 e. The summed E-state index contributed by atoms with van der Waals surface area (Å²) in [5.74, 6) is 0. The number of hydrogen-bond acceptors (Lipinski definition) is 1. The molecule has 1 aromatic rings. The van der Waals surface area contributed by atoms with Gasteiger partial charge in [-0.1, -0.05) is 26.0 Å². The summed E-state index contributed by atoms with van der Waals surface area (Å²) < 4.78 is 0. The Balaban J connectivity index is 2.37. The quantitative estimate of drug-likeness (QED) is 0.720. The fourth-order valence-corrected chi connectivity index (χ4v) is 3.39. The molecule has 1 nitrogen and oxygen atoms in total.